The molecule has 0 aromatic heterocycles. The summed E-state index contributed by atoms with van der Waals surface area (Å²) >= 11 is 12.0. The quantitative estimate of drug-likeness (QED) is 0.322. The van der Waals surface area contributed by atoms with Gasteiger partial charge in [-0.05, 0) is 29.8 Å². The predicted molar refractivity (Wildman–Crippen MR) is 100 cm³/mol. The standard InChI is InChI=1S/C18H10Cl2N2O4/c19-13-6-3-5-11(17(13)20)8-9-16-21-14(18(23)26-16)10-12-4-1-2-7-15(12)22(24)25/h1-10H/b9-8+,14-10+. The van der Waals surface area contributed by atoms with E-state index >= 15 is 0 Å². The van der Waals surface area contributed by atoms with Crippen molar-refractivity contribution < 1.29 is 14.5 Å². The summed E-state index contributed by atoms with van der Waals surface area (Å²) in [5, 5.41) is 11.8. The largest absolute Gasteiger partial charge is 0.403 e. The molecule has 130 valence electrons. The second-order valence-corrected chi connectivity index (χ2v) is 5.95. The van der Waals surface area contributed by atoms with Crippen molar-refractivity contribution in [1.82, 2.24) is 0 Å². The van der Waals surface area contributed by atoms with Crippen LogP contribution in [0.15, 0.2) is 59.2 Å². The van der Waals surface area contributed by atoms with Gasteiger partial charge in [0.15, 0.2) is 5.70 Å². The number of nitro benzene ring substituents is 1. The van der Waals surface area contributed by atoms with Gasteiger partial charge in [0.1, 0.15) is 0 Å². The van der Waals surface area contributed by atoms with Gasteiger partial charge in [-0.15, -0.1) is 0 Å². The predicted octanol–water partition coefficient (Wildman–Crippen LogP) is 4.91. The van der Waals surface area contributed by atoms with E-state index in [1.165, 1.54) is 24.3 Å². The number of hydrogen-bond acceptors (Lipinski definition) is 5. The molecule has 0 radical (unpaired) electrons. The van der Waals surface area contributed by atoms with E-state index in [-0.39, 0.29) is 22.8 Å². The van der Waals surface area contributed by atoms with Crippen molar-refractivity contribution in [2.24, 2.45) is 4.99 Å². The van der Waals surface area contributed by atoms with Gasteiger partial charge in [-0.25, -0.2) is 9.79 Å². The number of hydrogen-bond donors (Lipinski definition) is 0. The number of nitro groups is 1. The Morgan fingerprint density at radius 1 is 1.04 bits per heavy atom. The van der Waals surface area contributed by atoms with E-state index < -0.39 is 10.9 Å². The number of carbonyl (C=O) groups excluding carboxylic acids is 1. The van der Waals surface area contributed by atoms with Crippen molar-refractivity contribution in [1.29, 1.82) is 0 Å². The zero-order valence-corrected chi connectivity index (χ0v) is 14.6. The van der Waals surface area contributed by atoms with Crippen LogP contribution in [0.25, 0.3) is 12.2 Å². The molecule has 0 amide bonds. The van der Waals surface area contributed by atoms with E-state index in [0.717, 1.165) is 0 Å². The topological polar surface area (TPSA) is 81.8 Å². The van der Waals surface area contributed by atoms with Crippen LogP contribution in [0.1, 0.15) is 11.1 Å². The molecular formula is C18H10Cl2N2O4. The van der Waals surface area contributed by atoms with Crippen molar-refractivity contribution >= 4 is 52.9 Å². The molecule has 2 aromatic carbocycles. The van der Waals surface area contributed by atoms with E-state index in [1.807, 2.05) is 0 Å². The van der Waals surface area contributed by atoms with Crippen LogP contribution < -0.4 is 0 Å². The normalized spacial score (nSPS) is 15.4. The molecule has 1 aliphatic heterocycles. The third-order valence-electron chi connectivity index (χ3n) is 3.45. The van der Waals surface area contributed by atoms with Crippen molar-refractivity contribution in [2.75, 3.05) is 0 Å². The third-order valence-corrected chi connectivity index (χ3v) is 4.28. The van der Waals surface area contributed by atoms with E-state index in [2.05, 4.69) is 4.99 Å². The number of aliphatic imine (C=N–C) groups is 1. The Balaban J connectivity index is 1.89. The first-order valence-electron chi connectivity index (χ1n) is 7.34. The lowest BCUT2D eigenvalue weighted by Gasteiger charge is -1.99. The van der Waals surface area contributed by atoms with Gasteiger partial charge in [-0.1, -0.05) is 47.5 Å². The lowest BCUT2D eigenvalue weighted by atomic mass is 10.1. The number of halogens is 2. The second-order valence-electron chi connectivity index (χ2n) is 5.16. The molecule has 0 fully saturated rings. The minimum atomic E-state index is -0.694. The van der Waals surface area contributed by atoms with Crippen LogP contribution >= 0.6 is 23.2 Å². The number of carbonyl (C=O) groups is 1. The monoisotopic (exact) mass is 388 g/mol. The summed E-state index contributed by atoms with van der Waals surface area (Å²) < 4.78 is 5.05. The highest BCUT2D eigenvalue weighted by molar-refractivity contribution is 6.42. The van der Waals surface area contributed by atoms with Crippen LogP contribution in [0, 0.1) is 10.1 Å². The minimum absolute atomic E-state index is 0.0314. The summed E-state index contributed by atoms with van der Waals surface area (Å²) in [6.07, 6.45) is 4.39. The van der Waals surface area contributed by atoms with Crippen LogP contribution in [0.5, 0.6) is 0 Å². The molecule has 0 saturated heterocycles. The van der Waals surface area contributed by atoms with Gasteiger partial charge >= 0.3 is 5.97 Å². The average Bonchev–Trinajstić information content (AvgIpc) is 2.96. The van der Waals surface area contributed by atoms with Gasteiger partial charge < -0.3 is 4.74 Å². The van der Waals surface area contributed by atoms with E-state index in [9.17, 15) is 14.9 Å². The number of para-hydroxylation sites is 1. The summed E-state index contributed by atoms with van der Waals surface area (Å²) in [7, 11) is 0. The highest BCUT2D eigenvalue weighted by atomic mass is 35.5. The van der Waals surface area contributed by atoms with E-state index in [0.29, 0.717) is 15.6 Å². The average molecular weight is 389 g/mol. The first kappa shape index (κ1) is 17.8. The molecular weight excluding hydrogens is 379 g/mol. The smallest absolute Gasteiger partial charge is 0.363 e. The maximum Gasteiger partial charge on any atom is 0.363 e. The fourth-order valence-electron chi connectivity index (χ4n) is 2.23. The Hall–Kier alpha value is -2.96. The molecule has 0 unspecified atom stereocenters. The summed E-state index contributed by atoms with van der Waals surface area (Å²) in [4.78, 5) is 26.5. The van der Waals surface area contributed by atoms with Crippen molar-refractivity contribution in [3.8, 4) is 0 Å². The maximum atomic E-state index is 11.9. The Labute approximate surface area is 158 Å². The van der Waals surface area contributed by atoms with E-state index in [1.54, 1.807) is 36.4 Å². The molecule has 0 spiro atoms. The number of rotatable bonds is 4. The Bertz CT molecular complexity index is 996. The molecule has 0 atom stereocenters. The van der Waals surface area contributed by atoms with E-state index in [4.69, 9.17) is 27.9 Å². The van der Waals surface area contributed by atoms with Crippen LogP contribution in [-0.4, -0.2) is 16.8 Å². The molecule has 8 heteroatoms. The fourth-order valence-corrected chi connectivity index (χ4v) is 2.60. The summed E-state index contributed by atoms with van der Waals surface area (Å²) in [6.45, 7) is 0. The van der Waals surface area contributed by atoms with Crippen molar-refractivity contribution in [2.45, 2.75) is 0 Å². The molecule has 0 aliphatic carbocycles. The fraction of sp³-hybridized carbons (Fsp3) is 0. The highest BCUT2D eigenvalue weighted by Gasteiger charge is 2.23. The minimum Gasteiger partial charge on any atom is -0.403 e. The van der Waals surface area contributed by atoms with Gasteiger partial charge in [0.25, 0.3) is 5.69 Å². The number of benzene rings is 2. The highest BCUT2D eigenvalue weighted by Crippen LogP contribution is 2.27. The summed E-state index contributed by atoms with van der Waals surface area (Å²) in [5.41, 5.74) is 0.735. The third kappa shape index (κ3) is 3.82. The van der Waals surface area contributed by atoms with Crippen LogP contribution in [0.2, 0.25) is 10.0 Å². The van der Waals surface area contributed by atoms with Crippen LogP contribution in [0.4, 0.5) is 5.69 Å². The SMILES string of the molecule is O=C1OC(/C=C/c2cccc(Cl)c2Cl)=NC/1=C/c1ccccc1[N+](=O)[O-]. The summed E-state index contributed by atoms with van der Waals surface area (Å²) in [5.74, 6) is -0.643. The van der Waals surface area contributed by atoms with Gasteiger partial charge in [-0.3, -0.25) is 10.1 Å². The molecule has 1 aliphatic rings. The van der Waals surface area contributed by atoms with Gasteiger partial charge in [0.2, 0.25) is 5.90 Å². The lowest BCUT2D eigenvalue weighted by molar-refractivity contribution is -0.385. The first-order chi connectivity index (χ1) is 12.5. The number of ether oxygens (including phenoxy) is 1. The number of nitrogens with zero attached hydrogens (tertiary/aromatic N) is 2. The number of esters is 1. The number of cyclic esters (lactones) is 1. The molecule has 0 saturated carbocycles. The molecule has 1 heterocycles. The Kier molecular flexibility index (Phi) is 5.16. The van der Waals surface area contributed by atoms with Gasteiger partial charge in [0.05, 0.1) is 20.5 Å². The Morgan fingerprint density at radius 2 is 1.77 bits per heavy atom. The van der Waals surface area contributed by atoms with Crippen LogP contribution in [-0.2, 0) is 9.53 Å². The molecule has 3 rings (SSSR count). The lowest BCUT2D eigenvalue weighted by Crippen LogP contribution is -2.01. The summed E-state index contributed by atoms with van der Waals surface area (Å²) in [6, 6.07) is 11.2. The first-order valence-corrected chi connectivity index (χ1v) is 8.09. The molecule has 6 nitrogen and oxygen atoms in total. The molecule has 0 bridgehead atoms. The van der Waals surface area contributed by atoms with Gasteiger partial charge in [-0.2, -0.15) is 0 Å². The Morgan fingerprint density at radius 3 is 2.54 bits per heavy atom. The molecule has 0 N–H and O–H groups in total. The zero-order valence-electron chi connectivity index (χ0n) is 13.1. The van der Waals surface area contributed by atoms with Crippen molar-refractivity contribution in [3.63, 3.8) is 0 Å². The molecule has 2 aromatic rings. The zero-order chi connectivity index (χ0) is 18.7. The van der Waals surface area contributed by atoms with Gasteiger partial charge in [0, 0.05) is 12.1 Å². The second kappa shape index (κ2) is 7.51. The maximum absolute atomic E-state index is 11.9. The van der Waals surface area contributed by atoms with Crippen LogP contribution in [0.3, 0.4) is 0 Å². The molecule has 26 heavy (non-hydrogen) atoms. The van der Waals surface area contributed by atoms with Crippen molar-refractivity contribution in [3.05, 3.63) is 85.5 Å².